The van der Waals surface area contributed by atoms with Crippen LogP contribution < -0.4 is 10.6 Å². The first-order valence-electron chi connectivity index (χ1n) is 12.9. The number of ether oxygens (including phenoxy) is 1. The van der Waals surface area contributed by atoms with Gasteiger partial charge >= 0.3 is 0 Å². The number of para-hydroxylation sites is 1. The van der Waals surface area contributed by atoms with Gasteiger partial charge in [-0.3, -0.25) is 24.6 Å². The molecule has 0 bridgehead atoms. The lowest BCUT2D eigenvalue weighted by Crippen LogP contribution is -2.37. The molecule has 2 aliphatic rings. The first-order chi connectivity index (χ1) is 18.5. The van der Waals surface area contributed by atoms with Crippen molar-refractivity contribution in [1.82, 2.24) is 19.8 Å². The van der Waals surface area contributed by atoms with Gasteiger partial charge in [0.1, 0.15) is 0 Å². The Morgan fingerprint density at radius 2 is 1.74 bits per heavy atom. The van der Waals surface area contributed by atoms with Crippen LogP contribution >= 0.6 is 0 Å². The van der Waals surface area contributed by atoms with E-state index in [-0.39, 0.29) is 5.91 Å². The topological polar surface area (TPSA) is 108 Å². The van der Waals surface area contributed by atoms with E-state index < -0.39 is 11.8 Å². The van der Waals surface area contributed by atoms with Crippen molar-refractivity contribution in [1.29, 1.82) is 0 Å². The average Bonchev–Trinajstić information content (AvgIpc) is 3.57. The van der Waals surface area contributed by atoms with Crippen LogP contribution in [0.2, 0.25) is 0 Å². The molecule has 38 heavy (non-hydrogen) atoms. The Morgan fingerprint density at radius 3 is 2.53 bits per heavy atom. The van der Waals surface area contributed by atoms with Gasteiger partial charge in [-0.25, -0.2) is 0 Å². The molecule has 2 aromatic carbocycles. The Morgan fingerprint density at radius 1 is 0.974 bits per heavy atom. The number of aromatic nitrogens is 2. The van der Waals surface area contributed by atoms with E-state index in [1.54, 1.807) is 6.20 Å². The number of amides is 3. The number of imide groups is 1. The summed E-state index contributed by atoms with van der Waals surface area (Å²) in [6, 6.07) is 13.4. The van der Waals surface area contributed by atoms with Crippen LogP contribution in [0.4, 0.5) is 5.69 Å². The zero-order chi connectivity index (χ0) is 26.2. The van der Waals surface area contributed by atoms with Crippen LogP contribution in [-0.2, 0) is 25.7 Å². The van der Waals surface area contributed by atoms with Gasteiger partial charge in [0.05, 0.1) is 35.6 Å². The van der Waals surface area contributed by atoms with Crippen molar-refractivity contribution in [3.8, 4) is 0 Å². The third-order valence-electron chi connectivity index (χ3n) is 7.25. The van der Waals surface area contributed by atoms with E-state index in [0.717, 1.165) is 67.6 Å². The molecule has 0 aliphatic carbocycles. The summed E-state index contributed by atoms with van der Waals surface area (Å²) in [5.74, 6) is -1.08. The quantitative estimate of drug-likeness (QED) is 0.330. The summed E-state index contributed by atoms with van der Waals surface area (Å²) < 4.78 is 7.58. The van der Waals surface area contributed by atoms with E-state index in [2.05, 4.69) is 25.1 Å². The van der Waals surface area contributed by atoms with E-state index in [4.69, 9.17) is 4.74 Å². The highest BCUT2D eigenvalue weighted by molar-refractivity contribution is 6.51. The maximum Gasteiger partial charge on any atom is 0.259 e. The number of aromatic amines is 1. The van der Waals surface area contributed by atoms with Crippen LogP contribution in [-0.4, -0.2) is 65.0 Å². The number of benzene rings is 2. The third-order valence-corrected chi connectivity index (χ3v) is 7.25. The largest absolute Gasteiger partial charge is 0.379 e. The maximum atomic E-state index is 13.3. The standard InChI is InChI=1S/C29H29N5O4/c1-18(35)31-23-8-4-9-24-25(23)21(17-34(24)11-5-10-33-12-14-38-15-13-33)27-26(28(36)32-29(27)37)20-16-30-22-7-3-2-6-19(20)22/h2-4,6-9,16-17,30H,5,10-15H2,1H3,(H,31,35)(H,32,36,37). The number of carbonyl (C=O) groups is 3. The first kappa shape index (κ1) is 24.1. The predicted octanol–water partition coefficient (Wildman–Crippen LogP) is 3.37. The number of aryl methyl sites for hydroxylation is 1. The highest BCUT2D eigenvalue weighted by atomic mass is 16.5. The molecule has 194 valence electrons. The Hall–Kier alpha value is -4.21. The molecule has 4 heterocycles. The summed E-state index contributed by atoms with van der Waals surface area (Å²) in [7, 11) is 0. The fourth-order valence-electron chi connectivity index (χ4n) is 5.56. The minimum atomic E-state index is -0.444. The minimum Gasteiger partial charge on any atom is -0.379 e. The second kappa shape index (κ2) is 9.92. The molecular formula is C29H29N5O4. The van der Waals surface area contributed by atoms with E-state index in [9.17, 15) is 14.4 Å². The van der Waals surface area contributed by atoms with Crippen molar-refractivity contribution in [2.24, 2.45) is 0 Å². The number of fused-ring (bicyclic) bond motifs is 2. The molecule has 0 unspecified atom stereocenters. The number of H-pyrrole nitrogens is 1. The Labute approximate surface area is 219 Å². The van der Waals surface area contributed by atoms with Gasteiger partial charge in [-0.15, -0.1) is 0 Å². The molecule has 1 fully saturated rings. The van der Waals surface area contributed by atoms with Crippen molar-refractivity contribution in [3.05, 3.63) is 66.0 Å². The van der Waals surface area contributed by atoms with Gasteiger partial charge in [0.15, 0.2) is 0 Å². The van der Waals surface area contributed by atoms with Crippen LogP contribution in [0.1, 0.15) is 24.5 Å². The van der Waals surface area contributed by atoms with E-state index >= 15 is 0 Å². The van der Waals surface area contributed by atoms with Crippen LogP contribution in [0.3, 0.4) is 0 Å². The second-order valence-electron chi connectivity index (χ2n) is 9.71. The molecule has 0 saturated carbocycles. The second-order valence-corrected chi connectivity index (χ2v) is 9.71. The van der Waals surface area contributed by atoms with Crippen molar-refractivity contribution >= 4 is 56.4 Å². The normalized spacial score (nSPS) is 16.6. The van der Waals surface area contributed by atoms with Crippen LogP contribution in [0, 0.1) is 0 Å². The Balaban J connectivity index is 1.49. The number of carbonyl (C=O) groups excluding carboxylic acids is 3. The third kappa shape index (κ3) is 4.29. The van der Waals surface area contributed by atoms with Gasteiger partial charge in [0, 0.05) is 72.9 Å². The van der Waals surface area contributed by atoms with E-state index in [0.29, 0.717) is 28.0 Å². The van der Waals surface area contributed by atoms with Crippen LogP contribution in [0.25, 0.3) is 33.0 Å². The Bertz CT molecular complexity index is 1610. The molecule has 6 rings (SSSR count). The summed E-state index contributed by atoms with van der Waals surface area (Å²) in [5.41, 5.74) is 4.32. The van der Waals surface area contributed by atoms with Crippen LogP contribution in [0.15, 0.2) is 54.9 Å². The van der Waals surface area contributed by atoms with Crippen molar-refractivity contribution in [2.45, 2.75) is 19.9 Å². The maximum absolute atomic E-state index is 13.3. The number of anilines is 1. The van der Waals surface area contributed by atoms with Gasteiger partial charge in [-0.1, -0.05) is 24.3 Å². The van der Waals surface area contributed by atoms with Crippen LogP contribution in [0.5, 0.6) is 0 Å². The van der Waals surface area contributed by atoms with Gasteiger partial charge in [0.2, 0.25) is 5.91 Å². The zero-order valence-corrected chi connectivity index (χ0v) is 21.2. The lowest BCUT2D eigenvalue weighted by Gasteiger charge is -2.26. The van der Waals surface area contributed by atoms with Crippen molar-refractivity contribution in [2.75, 3.05) is 38.2 Å². The summed E-state index contributed by atoms with van der Waals surface area (Å²) in [6.45, 7) is 6.48. The molecule has 2 aliphatic heterocycles. The lowest BCUT2D eigenvalue weighted by atomic mass is 9.95. The smallest absolute Gasteiger partial charge is 0.259 e. The molecule has 3 N–H and O–H groups in total. The fraction of sp³-hybridized carbons (Fsp3) is 0.276. The number of rotatable bonds is 7. The number of nitrogens with one attached hydrogen (secondary N) is 3. The molecule has 9 heteroatoms. The summed E-state index contributed by atoms with van der Waals surface area (Å²) in [6.07, 6.45) is 4.62. The van der Waals surface area contributed by atoms with Gasteiger partial charge in [0.25, 0.3) is 11.8 Å². The number of nitrogens with zero attached hydrogens (tertiary/aromatic N) is 2. The summed E-state index contributed by atoms with van der Waals surface area (Å²) >= 11 is 0. The summed E-state index contributed by atoms with van der Waals surface area (Å²) in [5, 5.41) is 7.03. The highest BCUT2D eigenvalue weighted by Crippen LogP contribution is 2.40. The molecule has 2 aromatic heterocycles. The molecule has 9 nitrogen and oxygen atoms in total. The fourth-order valence-corrected chi connectivity index (χ4v) is 5.56. The van der Waals surface area contributed by atoms with Crippen molar-refractivity contribution < 1.29 is 19.1 Å². The number of hydrogen-bond donors (Lipinski definition) is 3. The molecule has 0 atom stereocenters. The van der Waals surface area contributed by atoms with Crippen molar-refractivity contribution in [3.63, 3.8) is 0 Å². The van der Waals surface area contributed by atoms with Gasteiger partial charge in [-0.05, 0) is 24.6 Å². The monoisotopic (exact) mass is 511 g/mol. The van der Waals surface area contributed by atoms with Gasteiger partial charge < -0.3 is 19.6 Å². The van der Waals surface area contributed by atoms with Gasteiger partial charge in [-0.2, -0.15) is 0 Å². The highest BCUT2D eigenvalue weighted by Gasteiger charge is 2.35. The molecule has 0 spiro atoms. The molecule has 4 aromatic rings. The SMILES string of the molecule is CC(=O)Nc1cccc2c1c(C1=C(c3c[nH]c4ccccc34)C(=O)NC1=O)cn2CCCN1CCOCC1. The minimum absolute atomic E-state index is 0.207. The number of hydrogen-bond acceptors (Lipinski definition) is 5. The molecular weight excluding hydrogens is 482 g/mol. The van der Waals surface area contributed by atoms with E-state index in [1.165, 1.54) is 6.92 Å². The van der Waals surface area contributed by atoms with E-state index in [1.807, 2.05) is 48.7 Å². The Kier molecular flexibility index (Phi) is 6.30. The summed E-state index contributed by atoms with van der Waals surface area (Å²) in [4.78, 5) is 44.2. The molecule has 1 saturated heterocycles. The average molecular weight is 512 g/mol. The zero-order valence-electron chi connectivity index (χ0n) is 21.2. The first-order valence-corrected chi connectivity index (χ1v) is 12.9. The molecule has 0 radical (unpaired) electrons. The predicted molar refractivity (Wildman–Crippen MR) is 146 cm³/mol. The number of morpholine rings is 1. The lowest BCUT2D eigenvalue weighted by molar-refractivity contribution is -0.122. The molecule has 3 amide bonds.